The van der Waals surface area contributed by atoms with Crippen LogP contribution in [0.15, 0.2) is 11.1 Å². The van der Waals surface area contributed by atoms with E-state index in [9.17, 15) is 14.4 Å². The van der Waals surface area contributed by atoms with E-state index in [1.807, 2.05) is 6.92 Å². The van der Waals surface area contributed by atoms with Gasteiger partial charge in [-0.1, -0.05) is 12.8 Å². The number of carboxylic acids is 1. The fraction of sp³-hybridized carbons (Fsp3) is 0.615. The molecule has 1 rings (SSSR count). The van der Waals surface area contributed by atoms with Gasteiger partial charge >= 0.3 is 12.0 Å². The molecule has 0 aliphatic heterocycles. The molecule has 0 aromatic rings. The first kappa shape index (κ1) is 15.2. The van der Waals surface area contributed by atoms with Crippen LogP contribution in [0.1, 0.15) is 46.5 Å². The molecule has 0 aromatic heterocycles. The molecule has 0 saturated heterocycles. The van der Waals surface area contributed by atoms with Gasteiger partial charge in [0.25, 0.3) is 5.91 Å². The van der Waals surface area contributed by atoms with Crippen molar-refractivity contribution in [3.05, 3.63) is 11.1 Å². The van der Waals surface area contributed by atoms with Crippen molar-refractivity contribution in [3.8, 4) is 0 Å². The van der Waals surface area contributed by atoms with Gasteiger partial charge in [0.2, 0.25) is 0 Å². The maximum Gasteiger partial charge on any atom is 0.331 e. The predicted molar refractivity (Wildman–Crippen MR) is 69.6 cm³/mol. The van der Waals surface area contributed by atoms with E-state index in [4.69, 9.17) is 5.11 Å². The van der Waals surface area contributed by atoms with Gasteiger partial charge in [-0.25, -0.2) is 9.59 Å². The molecule has 0 spiro atoms. The Labute approximate surface area is 112 Å². The van der Waals surface area contributed by atoms with Gasteiger partial charge < -0.3 is 10.4 Å². The summed E-state index contributed by atoms with van der Waals surface area (Å²) in [6.45, 7) is 4.64. The molecule has 3 N–H and O–H groups in total. The largest absolute Gasteiger partial charge is 0.478 e. The third kappa shape index (κ3) is 4.08. The molecule has 106 valence electrons. The average Bonchev–Trinajstić information content (AvgIpc) is 2.72. The summed E-state index contributed by atoms with van der Waals surface area (Å²) in [5.41, 5.74) is -0.319. The molecule has 0 heterocycles. The van der Waals surface area contributed by atoms with Crippen molar-refractivity contribution >= 4 is 17.9 Å². The first-order chi connectivity index (χ1) is 8.75. The second-order valence-electron chi connectivity index (χ2n) is 5.23. The smallest absolute Gasteiger partial charge is 0.331 e. The van der Waals surface area contributed by atoms with E-state index in [1.54, 1.807) is 0 Å². The minimum Gasteiger partial charge on any atom is -0.478 e. The quantitative estimate of drug-likeness (QED) is 0.677. The van der Waals surface area contributed by atoms with Gasteiger partial charge in [-0.2, -0.15) is 0 Å². The van der Waals surface area contributed by atoms with E-state index in [1.165, 1.54) is 13.8 Å². The van der Waals surface area contributed by atoms with Crippen molar-refractivity contribution in [1.29, 1.82) is 0 Å². The Balaban J connectivity index is 2.60. The van der Waals surface area contributed by atoms with Gasteiger partial charge in [0.1, 0.15) is 0 Å². The van der Waals surface area contributed by atoms with Crippen molar-refractivity contribution < 1.29 is 19.5 Å². The average molecular weight is 268 g/mol. The number of hydrogen-bond donors (Lipinski definition) is 3. The second kappa shape index (κ2) is 5.86. The van der Waals surface area contributed by atoms with Gasteiger partial charge in [-0.05, 0) is 33.6 Å². The van der Waals surface area contributed by atoms with Crippen LogP contribution >= 0.6 is 0 Å². The minimum absolute atomic E-state index is 0.0271. The van der Waals surface area contributed by atoms with Gasteiger partial charge in [0, 0.05) is 16.7 Å². The molecule has 1 aliphatic carbocycles. The zero-order chi connectivity index (χ0) is 14.6. The normalized spacial score (nSPS) is 18.5. The number of nitrogens with one attached hydrogen (secondary N) is 2. The summed E-state index contributed by atoms with van der Waals surface area (Å²) in [5, 5.41) is 13.7. The Bertz CT molecular complexity index is 434. The lowest BCUT2D eigenvalue weighted by Gasteiger charge is -2.25. The van der Waals surface area contributed by atoms with Crippen LogP contribution in [-0.4, -0.2) is 28.6 Å². The molecule has 6 heteroatoms. The lowest BCUT2D eigenvalue weighted by molar-refractivity contribution is -0.133. The van der Waals surface area contributed by atoms with Crippen LogP contribution in [0.5, 0.6) is 0 Å². The zero-order valence-corrected chi connectivity index (χ0v) is 11.5. The lowest BCUT2D eigenvalue weighted by Crippen LogP contribution is -2.50. The van der Waals surface area contributed by atoms with Crippen LogP contribution < -0.4 is 10.6 Å². The first-order valence-electron chi connectivity index (χ1n) is 6.29. The number of hydrogen-bond acceptors (Lipinski definition) is 3. The molecular formula is C13H20N2O4. The van der Waals surface area contributed by atoms with Crippen molar-refractivity contribution in [2.24, 2.45) is 0 Å². The number of aliphatic carboxylic acids is 1. The maximum atomic E-state index is 11.7. The molecular weight excluding hydrogens is 248 g/mol. The van der Waals surface area contributed by atoms with E-state index in [-0.39, 0.29) is 16.7 Å². The summed E-state index contributed by atoms with van der Waals surface area (Å²) in [7, 11) is 0. The van der Waals surface area contributed by atoms with Crippen molar-refractivity contribution in [1.82, 2.24) is 10.6 Å². The predicted octanol–water partition coefficient (Wildman–Crippen LogP) is 1.57. The molecule has 19 heavy (non-hydrogen) atoms. The molecule has 1 fully saturated rings. The number of amides is 3. The Kier molecular flexibility index (Phi) is 4.69. The lowest BCUT2D eigenvalue weighted by atomic mass is 10.0. The highest BCUT2D eigenvalue weighted by Crippen LogP contribution is 2.28. The number of imide groups is 1. The third-order valence-electron chi connectivity index (χ3n) is 3.57. The SMILES string of the molecule is CC(C(=O)O)=C(C)C(=O)NC(=O)NC1(C)CCCC1. The molecule has 0 atom stereocenters. The van der Waals surface area contributed by atoms with Crippen LogP contribution in [0.4, 0.5) is 4.79 Å². The van der Waals surface area contributed by atoms with Gasteiger partial charge in [-0.15, -0.1) is 0 Å². The summed E-state index contributed by atoms with van der Waals surface area (Å²) >= 11 is 0. The molecule has 0 aromatic carbocycles. The van der Waals surface area contributed by atoms with E-state index in [2.05, 4.69) is 10.6 Å². The Morgan fingerprint density at radius 1 is 1.05 bits per heavy atom. The molecule has 1 aliphatic rings. The van der Waals surface area contributed by atoms with E-state index in [0.717, 1.165) is 25.7 Å². The van der Waals surface area contributed by atoms with Crippen LogP contribution in [0, 0.1) is 0 Å². The van der Waals surface area contributed by atoms with Crippen LogP contribution in [0.2, 0.25) is 0 Å². The topological polar surface area (TPSA) is 95.5 Å². The van der Waals surface area contributed by atoms with Crippen LogP contribution in [0.25, 0.3) is 0 Å². The number of carbonyl (C=O) groups excluding carboxylic acids is 2. The Morgan fingerprint density at radius 3 is 2.05 bits per heavy atom. The van der Waals surface area contributed by atoms with Gasteiger partial charge in [0.05, 0.1) is 0 Å². The highest BCUT2D eigenvalue weighted by molar-refractivity contribution is 6.07. The summed E-state index contributed by atoms with van der Waals surface area (Å²) in [5.74, 6) is -1.85. The summed E-state index contributed by atoms with van der Waals surface area (Å²) in [6.07, 6.45) is 3.89. The highest BCUT2D eigenvalue weighted by atomic mass is 16.4. The zero-order valence-electron chi connectivity index (χ0n) is 11.5. The maximum absolute atomic E-state index is 11.7. The van der Waals surface area contributed by atoms with Crippen LogP contribution in [0.3, 0.4) is 0 Å². The van der Waals surface area contributed by atoms with Gasteiger partial charge in [-0.3, -0.25) is 10.1 Å². The number of carbonyl (C=O) groups is 3. The monoisotopic (exact) mass is 268 g/mol. The molecule has 0 bridgehead atoms. The summed E-state index contributed by atoms with van der Waals surface area (Å²) in [4.78, 5) is 34.1. The Morgan fingerprint density at radius 2 is 1.58 bits per heavy atom. The first-order valence-corrected chi connectivity index (χ1v) is 6.29. The summed E-state index contributed by atoms with van der Waals surface area (Å²) < 4.78 is 0. The molecule has 3 amide bonds. The standard InChI is InChI=1S/C13H20N2O4/c1-8(9(2)11(17)18)10(16)14-12(19)15-13(3)6-4-5-7-13/h4-7H2,1-3H3,(H,17,18)(H2,14,15,16,19). The number of urea groups is 1. The molecule has 1 saturated carbocycles. The fourth-order valence-electron chi connectivity index (χ4n) is 2.11. The minimum atomic E-state index is -1.17. The number of carboxylic acid groups (broad SMARTS) is 1. The van der Waals surface area contributed by atoms with Crippen molar-refractivity contribution in [2.45, 2.75) is 52.0 Å². The van der Waals surface area contributed by atoms with Crippen molar-refractivity contribution in [2.75, 3.05) is 0 Å². The Hall–Kier alpha value is -1.85. The third-order valence-corrected chi connectivity index (χ3v) is 3.57. The van der Waals surface area contributed by atoms with E-state index < -0.39 is 17.9 Å². The number of rotatable bonds is 3. The van der Waals surface area contributed by atoms with Crippen molar-refractivity contribution in [3.63, 3.8) is 0 Å². The molecule has 6 nitrogen and oxygen atoms in total. The van der Waals surface area contributed by atoms with E-state index >= 15 is 0 Å². The molecule has 0 radical (unpaired) electrons. The van der Waals surface area contributed by atoms with E-state index in [0.29, 0.717) is 0 Å². The highest BCUT2D eigenvalue weighted by Gasteiger charge is 2.30. The molecule has 0 unspecified atom stereocenters. The summed E-state index contributed by atoms with van der Waals surface area (Å²) in [6, 6.07) is -0.577. The fourth-order valence-corrected chi connectivity index (χ4v) is 2.11. The van der Waals surface area contributed by atoms with Crippen LogP contribution in [-0.2, 0) is 9.59 Å². The van der Waals surface area contributed by atoms with Gasteiger partial charge in [0.15, 0.2) is 0 Å². The second-order valence-corrected chi connectivity index (χ2v) is 5.23.